The number of H-pyrrole nitrogens is 1. The summed E-state index contributed by atoms with van der Waals surface area (Å²) in [7, 11) is 1.59. The summed E-state index contributed by atoms with van der Waals surface area (Å²) in [4.78, 5) is 3.99. The number of nitrogens with one attached hydrogen (secondary N) is 1. The van der Waals surface area contributed by atoms with Crippen molar-refractivity contribution in [2.24, 2.45) is 0 Å². The topological polar surface area (TPSA) is 50.8 Å². The molecule has 0 saturated heterocycles. The number of nitrogens with zero attached hydrogens (tertiary/aromatic N) is 2. The summed E-state index contributed by atoms with van der Waals surface area (Å²) in [6.07, 6.45) is 0. The standard InChI is InChI=1S/C5H8ClN3O/c1-10-3-5-7-4(2-6)8-9-5/h2-3H2,1H3,(H,7,8,9). The molecule has 0 aromatic carbocycles. The highest BCUT2D eigenvalue weighted by atomic mass is 35.5. The Hall–Kier alpha value is -0.610. The van der Waals surface area contributed by atoms with Crippen molar-refractivity contribution >= 4 is 11.6 Å². The van der Waals surface area contributed by atoms with Crippen LogP contribution >= 0.6 is 11.6 Å². The minimum atomic E-state index is 0.358. The molecule has 0 fully saturated rings. The summed E-state index contributed by atoms with van der Waals surface area (Å²) in [5.41, 5.74) is 0. The molecule has 1 rings (SSSR count). The summed E-state index contributed by atoms with van der Waals surface area (Å²) in [6, 6.07) is 0. The molecule has 0 amide bonds. The van der Waals surface area contributed by atoms with Gasteiger partial charge >= 0.3 is 0 Å². The molecular weight excluding hydrogens is 154 g/mol. The molecule has 1 heterocycles. The number of halogens is 1. The molecule has 0 aliphatic heterocycles. The van der Waals surface area contributed by atoms with Crippen molar-refractivity contribution in [1.29, 1.82) is 0 Å². The second-order valence-corrected chi connectivity index (χ2v) is 2.03. The molecule has 0 spiro atoms. The van der Waals surface area contributed by atoms with E-state index in [4.69, 9.17) is 16.3 Å². The zero-order chi connectivity index (χ0) is 7.40. The molecule has 1 N–H and O–H groups in total. The SMILES string of the molecule is COCc1n[nH]c(CCl)n1. The van der Waals surface area contributed by atoms with E-state index in [2.05, 4.69) is 15.2 Å². The fourth-order valence-electron chi connectivity index (χ4n) is 0.588. The van der Waals surface area contributed by atoms with Gasteiger partial charge in [0.1, 0.15) is 12.4 Å². The maximum Gasteiger partial charge on any atom is 0.176 e. The van der Waals surface area contributed by atoms with Gasteiger partial charge in [-0.1, -0.05) is 0 Å². The molecule has 0 atom stereocenters. The number of hydrogen-bond donors (Lipinski definition) is 1. The van der Waals surface area contributed by atoms with Crippen LogP contribution in [0.5, 0.6) is 0 Å². The van der Waals surface area contributed by atoms with Crippen molar-refractivity contribution in [3.8, 4) is 0 Å². The summed E-state index contributed by atoms with van der Waals surface area (Å²) in [6.45, 7) is 0.424. The number of ether oxygens (including phenoxy) is 1. The van der Waals surface area contributed by atoms with Gasteiger partial charge in [-0.15, -0.1) is 11.6 Å². The predicted molar refractivity (Wildman–Crippen MR) is 36.7 cm³/mol. The van der Waals surface area contributed by atoms with Crippen LogP contribution in [0.2, 0.25) is 0 Å². The van der Waals surface area contributed by atoms with Crippen LogP contribution in [0.3, 0.4) is 0 Å². The molecule has 1 aromatic heterocycles. The molecule has 0 aliphatic carbocycles. The van der Waals surface area contributed by atoms with E-state index in [1.165, 1.54) is 0 Å². The van der Waals surface area contributed by atoms with Crippen molar-refractivity contribution < 1.29 is 4.74 Å². The number of hydrogen-bond acceptors (Lipinski definition) is 3. The van der Waals surface area contributed by atoms with Gasteiger partial charge in [0.2, 0.25) is 0 Å². The molecule has 0 saturated carbocycles. The number of aromatic amines is 1. The second kappa shape index (κ2) is 3.53. The highest BCUT2D eigenvalue weighted by molar-refractivity contribution is 6.16. The average Bonchev–Trinajstić information content (AvgIpc) is 2.37. The van der Waals surface area contributed by atoms with Gasteiger partial charge in [-0.25, -0.2) is 4.98 Å². The quantitative estimate of drug-likeness (QED) is 0.664. The van der Waals surface area contributed by atoms with Gasteiger partial charge in [-0.3, -0.25) is 5.10 Å². The molecule has 0 radical (unpaired) electrons. The van der Waals surface area contributed by atoms with Crippen LogP contribution in [-0.4, -0.2) is 22.3 Å². The first-order valence-corrected chi connectivity index (χ1v) is 3.35. The molecule has 56 valence electrons. The van der Waals surface area contributed by atoms with Crippen molar-refractivity contribution in [3.05, 3.63) is 11.6 Å². The van der Waals surface area contributed by atoms with Crippen molar-refractivity contribution in [2.45, 2.75) is 12.5 Å². The Labute approximate surface area is 63.6 Å². The lowest BCUT2D eigenvalue weighted by atomic mass is 10.6. The van der Waals surface area contributed by atoms with Crippen molar-refractivity contribution in [2.75, 3.05) is 7.11 Å². The smallest absolute Gasteiger partial charge is 0.176 e. The monoisotopic (exact) mass is 161 g/mol. The first-order valence-electron chi connectivity index (χ1n) is 2.82. The molecule has 0 bridgehead atoms. The second-order valence-electron chi connectivity index (χ2n) is 1.76. The third-order valence-electron chi connectivity index (χ3n) is 0.978. The minimum Gasteiger partial charge on any atom is -0.377 e. The van der Waals surface area contributed by atoms with Crippen molar-refractivity contribution in [3.63, 3.8) is 0 Å². The van der Waals surface area contributed by atoms with E-state index >= 15 is 0 Å². The Morgan fingerprint density at radius 2 is 2.50 bits per heavy atom. The van der Waals surface area contributed by atoms with Crippen molar-refractivity contribution in [1.82, 2.24) is 15.2 Å². The Morgan fingerprint density at radius 1 is 1.70 bits per heavy atom. The first-order chi connectivity index (χ1) is 4.86. The van der Waals surface area contributed by atoms with Crippen LogP contribution in [0, 0.1) is 0 Å². The lowest BCUT2D eigenvalue weighted by Crippen LogP contribution is -1.89. The zero-order valence-corrected chi connectivity index (χ0v) is 6.35. The Kier molecular flexibility index (Phi) is 2.65. The Morgan fingerprint density at radius 3 is 3.00 bits per heavy atom. The largest absolute Gasteiger partial charge is 0.377 e. The van der Waals surface area contributed by atoms with E-state index in [1.807, 2.05) is 0 Å². The fourth-order valence-corrected chi connectivity index (χ4v) is 0.708. The lowest BCUT2D eigenvalue weighted by Gasteiger charge is -1.87. The van der Waals surface area contributed by atoms with E-state index in [0.29, 0.717) is 24.1 Å². The highest BCUT2D eigenvalue weighted by Crippen LogP contribution is 1.96. The number of alkyl halides is 1. The summed E-state index contributed by atoms with van der Waals surface area (Å²) >= 11 is 5.47. The van der Waals surface area contributed by atoms with Gasteiger partial charge in [0, 0.05) is 7.11 Å². The normalized spacial score (nSPS) is 10.2. The van der Waals surface area contributed by atoms with Gasteiger partial charge in [-0.2, -0.15) is 5.10 Å². The van der Waals surface area contributed by atoms with E-state index in [1.54, 1.807) is 7.11 Å². The van der Waals surface area contributed by atoms with Gasteiger partial charge in [0.25, 0.3) is 0 Å². The van der Waals surface area contributed by atoms with E-state index in [0.717, 1.165) is 0 Å². The van der Waals surface area contributed by atoms with Crippen LogP contribution < -0.4 is 0 Å². The van der Waals surface area contributed by atoms with Gasteiger partial charge in [0.05, 0.1) is 5.88 Å². The van der Waals surface area contributed by atoms with Gasteiger partial charge in [0.15, 0.2) is 5.82 Å². The minimum absolute atomic E-state index is 0.358. The zero-order valence-electron chi connectivity index (χ0n) is 5.59. The summed E-state index contributed by atoms with van der Waals surface area (Å²) in [5, 5.41) is 6.50. The van der Waals surface area contributed by atoms with E-state index in [9.17, 15) is 0 Å². The van der Waals surface area contributed by atoms with Crippen LogP contribution in [0.15, 0.2) is 0 Å². The van der Waals surface area contributed by atoms with Crippen LogP contribution in [0.4, 0.5) is 0 Å². The van der Waals surface area contributed by atoms with E-state index < -0.39 is 0 Å². The predicted octanol–water partition coefficient (Wildman–Crippen LogP) is 0.690. The lowest BCUT2D eigenvalue weighted by molar-refractivity contribution is 0.178. The third-order valence-corrected chi connectivity index (χ3v) is 1.23. The van der Waals surface area contributed by atoms with Crippen LogP contribution in [0.1, 0.15) is 11.6 Å². The molecular formula is C5H8ClN3O. The Balaban J connectivity index is 2.59. The maximum atomic E-state index is 5.47. The number of rotatable bonds is 3. The third kappa shape index (κ3) is 1.68. The molecule has 10 heavy (non-hydrogen) atoms. The molecule has 4 nitrogen and oxygen atoms in total. The molecule has 1 aromatic rings. The number of aromatic nitrogens is 3. The van der Waals surface area contributed by atoms with Crippen LogP contribution in [0.25, 0.3) is 0 Å². The van der Waals surface area contributed by atoms with Crippen LogP contribution in [-0.2, 0) is 17.2 Å². The molecule has 5 heteroatoms. The number of methoxy groups -OCH3 is 1. The van der Waals surface area contributed by atoms with Gasteiger partial charge in [-0.05, 0) is 0 Å². The summed E-state index contributed by atoms with van der Waals surface area (Å²) < 4.78 is 4.80. The van der Waals surface area contributed by atoms with E-state index in [-0.39, 0.29) is 0 Å². The Bertz CT molecular complexity index is 201. The molecule has 0 unspecified atom stereocenters. The average molecular weight is 162 g/mol. The first kappa shape index (κ1) is 7.50. The highest BCUT2D eigenvalue weighted by Gasteiger charge is 1.99. The maximum absolute atomic E-state index is 5.47. The fraction of sp³-hybridized carbons (Fsp3) is 0.600. The van der Waals surface area contributed by atoms with Gasteiger partial charge < -0.3 is 4.74 Å². The molecule has 0 aliphatic rings. The summed E-state index contributed by atoms with van der Waals surface area (Å²) in [5.74, 6) is 1.67.